The monoisotopic (exact) mass is 296 g/mol. The van der Waals surface area contributed by atoms with Crippen molar-refractivity contribution in [3.05, 3.63) is 18.2 Å². The molecule has 112 valence electrons. The third kappa shape index (κ3) is 4.63. The second-order valence-corrected chi connectivity index (χ2v) is 6.90. The molecule has 0 radical (unpaired) electrons. The first kappa shape index (κ1) is 16.7. The highest BCUT2D eigenvalue weighted by molar-refractivity contribution is 8.01. The number of rotatable bonds is 6. The summed E-state index contributed by atoms with van der Waals surface area (Å²) in [6.45, 7) is 8.38. The molecule has 5 heteroatoms. The maximum absolute atomic E-state index is 12.2. The van der Waals surface area contributed by atoms with Crippen molar-refractivity contribution in [1.82, 2.24) is 0 Å². The van der Waals surface area contributed by atoms with E-state index in [4.69, 9.17) is 10.5 Å². The van der Waals surface area contributed by atoms with Gasteiger partial charge in [0.05, 0.1) is 18.0 Å². The van der Waals surface area contributed by atoms with Gasteiger partial charge in [-0.15, -0.1) is 11.8 Å². The summed E-state index contributed by atoms with van der Waals surface area (Å²) in [5.74, 6) is 1.10. The van der Waals surface area contributed by atoms with Crippen LogP contribution in [0.25, 0.3) is 0 Å². The number of carbonyl (C=O) groups is 1. The van der Waals surface area contributed by atoms with Gasteiger partial charge in [-0.2, -0.15) is 0 Å². The maximum Gasteiger partial charge on any atom is 0.237 e. The van der Waals surface area contributed by atoms with Crippen LogP contribution < -0.4 is 15.8 Å². The van der Waals surface area contributed by atoms with Crippen molar-refractivity contribution in [3.8, 4) is 5.75 Å². The second-order valence-electron chi connectivity index (χ2n) is 5.18. The number of thioether (sulfide) groups is 1. The lowest BCUT2D eigenvalue weighted by atomic mass is 10.2. The maximum atomic E-state index is 12.2. The van der Waals surface area contributed by atoms with Crippen molar-refractivity contribution in [2.75, 3.05) is 18.2 Å². The molecule has 0 aliphatic rings. The topological polar surface area (TPSA) is 64.3 Å². The minimum atomic E-state index is -0.116. The molecule has 0 aliphatic heterocycles. The van der Waals surface area contributed by atoms with Crippen LogP contribution >= 0.6 is 11.8 Å². The Morgan fingerprint density at radius 2 is 1.95 bits per heavy atom. The number of benzene rings is 1. The van der Waals surface area contributed by atoms with E-state index in [1.54, 1.807) is 37.1 Å². The van der Waals surface area contributed by atoms with E-state index in [0.717, 1.165) is 0 Å². The van der Waals surface area contributed by atoms with Crippen LogP contribution in [0.15, 0.2) is 18.2 Å². The van der Waals surface area contributed by atoms with Gasteiger partial charge in [-0.25, -0.2) is 0 Å². The molecule has 2 atom stereocenters. The van der Waals surface area contributed by atoms with Gasteiger partial charge in [-0.3, -0.25) is 4.79 Å². The van der Waals surface area contributed by atoms with Gasteiger partial charge in [0, 0.05) is 17.0 Å². The van der Waals surface area contributed by atoms with Gasteiger partial charge >= 0.3 is 0 Å². The second kappa shape index (κ2) is 7.43. The summed E-state index contributed by atoms with van der Waals surface area (Å²) in [4.78, 5) is 12.2. The van der Waals surface area contributed by atoms with Crippen LogP contribution in [0.2, 0.25) is 0 Å². The summed E-state index contributed by atoms with van der Waals surface area (Å²) in [5, 5.41) is 3.21. The van der Waals surface area contributed by atoms with Crippen LogP contribution in [0.3, 0.4) is 0 Å². The third-order valence-corrected chi connectivity index (χ3v) is 4.81. The van der Waals surface area contributed by atoms with Crippen LogP contribution in [0.4, 0.5) is 11.4 Å². The van der Waals surface area contributed by atoms with E-state index in [2.05, 4.69) is 26.1 Å². The normalized spacial score (nSPS) is 13.9. The summed E-state index contributed by atoms with van der Waals surface area (Å²) in [6.07, 6.45) is 0. The molecule has 0 bridgehead atoms. The molecule has 0 fully saturated rings. The molecule has 0 spiro atoms. The van der Waals surface area contributed by atoms with E-state index in [1.807, 2.05) is 6.92 Å². The highest BCUT2D eigenvalue weighted by Crippen LogP contribution is 2.29. The van der Waals surface area contributed by atoms with E-state index >= 15 is 0 Å². The number of methoxy groups -OCH3 is 1. The summed E-state index contributed by atoms with van der Waals surface area (Å²) in [7, 11) is 1.56. The summed E-state index contributed by atoms with van der Waals surface area (Å²) >= 11 is 1.67. The Hall–Kier alpha value is -1.36. The van der Waals surface area contributed by atoms with Gasteiger partial charge in [-0.1, -0.05) is 20.8 Å². The number of nitrogens with one attached hydrogen (secondary N) is 1. The van der Waals surface area contributed by atoms with Gasteiger partial charge in [0.2, 0.25) is 5.91 Å². The van der Waals surface area contributed by atoms with Gasteiger partial charge in [0.1, 0.15) is 5.75 Å². The van der Waals surface area contributed by atoms with E-state index in [9.17, 15) is 4.79 Å². The molecule has 0 aliphatic carbocycles. The first-order valence-corrected chi connectivity index (χ1v) is 7.69. The molecule has 1 aromatic rings. The van der Waals surface area contributed by atoms with Gasteiger partial charge in [0.15, 0.2) is 0 Å². The first-order chi connectivity index (χ1) is 9.35. The molecule has 0 aromatic heterocycles. The van der Waals surface area contributed by atoms with Gasteiger partial charge in [0.25, 0.3) is 0 Å². The predicted molar refractivity (Wildman–Crippen MR) is 87.4 cm³/mol. The largest absolute Gasteiger partial charge is 0.494 e. The molecule has 2 unspecified atom stereocenters. The van der Waals surface area contributed by atoms with Gasteiger partial charge in [-0.05, 0) is 25.0 Å². The fraction of sp³-hybridized carbons (Fsp3) is 0.533. The smallest absolute Gasteiger partial charge is 0.237 e. The summed E-state index contributed by atoms with van der Waals surface area (Å²) in [6, 6.07) is 5.20. The fourth-order valence-electron chi connectivity index (χ4n) is 1.59. The minimum absolute atomic E-state index is 0.0226. The lowest BCUT2D eigenvalue weighted by Gasteiger charge is -2.20. The average molecular weight is 296 g/mol. The Balaban J connectivity index is 2.70. The number of carbonyl (C=O) groups excluding carboxylic acids is 1. The molecule has 4 nitrogen and oxygen atoms in total. The Bertz CT molecular complexity index is 463. The Morgan fingerprint density at radius 1 is 1.30 bits per heavy atom. The highest BCUT2D eigenvalue weighted by atomic mass is 32.2. The van der Waals surface area contributed by atoms with Gasteiger partial charge < -0.3 is 15.8 Å². The zero-order valence-corrected chi connectivity index (χ0v) is 13.6. The van der Waals surface area contributed by atoms with E-state index in [-0.39, 0.29) is 11.2 Å². The van der Waals surface area contributed by atoms with Crippen LogP contribution in [-0.4, -0.2) is 23.5 Å². The van der Waals surface area contributed by atoms with Crippen molar-refractivity contribution in [2.45, 2.75) is 38.2 Å². The SMILES string of the molecule is COc1cc(N)ccc1NC(=O)C(C)SC(C)C(C)C. The first-order valence-electron chi connectivity index (χ1n) is 6.75. The fourth-order valence-corrected chi connectivity index (χ4v) is 2.73. The van der Waals surface area contributed by atoms with Crippen LogP contribution in [0.1, 0.15) is 27.7 Å². The number of hydrogen-bond donors (Lipinski definition) is 2. The van der Waals surface area contributed by atoms with Crippen molar-refractivity contribution >= 4 is 29.0 Å². The molecule has 3 N–H and O–H groups in total. The minimum Gasteiger partial charge on any atom is -0.494 e. The third-order valence-electron chi connectivity index (χ3n) is 3.21. The number of amides is 1. The standard InChI is InChI=1S/C15H24N2O2S/c1-9(2)10(3)20-11(4)15(18)17-13-7-6-12(16)8-14(13)19-5/h6-11H,16H2,1-5H3,(H,17,18). The quantitative estimate of drug-likeness (QED) is 0.790. The molecular weight excluding hydrogens is 272 g/mol. The van der Waals surface area contributed by atoms with Crippen LogP contribution in [0, 0.1) is 5.92 Å². The molecule has 0 saturated heterocycles. The summed E-state index contributed by atoms with van der Waals surface area (Å²) in [5.41, 5.74) is 6.95. The Labute approximate surface area is 125 Å². The lowest BCUT2D eigenvalue weighted by Crippen LogP contribution is -2.25. The number of anilines is 2. The van der Waals surface area contributed by atoms with E-state index in [0.29, 0.717) is 28.3 Å². The van der Waals surface area contributed by atoms with Crippen LogP contribution in [0.5, 0.6) is 5.75 Å². The molecule has 1 aromatic carbocycles. The lowest BCUT2D eigenvalue weighted by molar-refractivity contribution is -0.115. The van der Waals surface area contributed by atoms with E-state index < -0.39 is 0 Å². The van der Waals surface area contributed by atoms with Crippen molar-refractivity contribution in [2.24, 2.45) is 5.92 Å². The zero-order valence-electron chi connectivity index (χ0n) is 12.8. The number of hydrogen-bond acceptors (Lipinski definition) is 4. The molecule has 1 rings (SSSR count). The number of ether oxygens (including phenoxy) is 1. The Morgan fingerprint density at radius 3 is 2.50 bits per heavy atom. The Kier molecular flexibility index (Phi) is 6.20. The molecule has 0 saturated carbocycles. The molecular formula is C15H24N2O2S. The van der Waals surface area contributed by atoms with E-state index in [1.165, 1.54) is 0 Å². The predicted octanol–water partition coefficient (Wildman–Crippen LogP) is 3.38. The number of nitrogens with two attached hydrogens (primary N) is 1. The zero-order chi connectivity index (χ0) is 15.3. The van der Waals surface area contributed by atoms with Crippen LogP contribution in [-0.2, 0) is 4.79 Å². The molecule has 1 amide bonds. The highest BCUT2D eigenvalue weighted by Gasteiger charge is 2.19. The van der Waals surface area contributed by atoms with Crippen molar-refractivity contribution < 1.29 is 9.53 Å². The van der Waals surface area contributed by atoms with Crippen molar-refractivity contribution in [3.63, 3.8) is 0 Å². The molecule has 0 heterocycles. The average Bonchev–Trinajstić information content (AvgIpc) is 2.40. The number of nitrogen functional groups attached to an aromatic ring is 1. The van der Waals surface area contributed by atoms with Crippen molar-refractivity contribution in [1.29, 1.82) is 0 Å². The summed E-state index contributed by atoms with van der Waals surface area (Å²) < 4.78 is 5.22. The molecule has 20 heavy (non-hydrogen) atoms.